The van der Waals surface area contributed by atoms with Crippen molar-refractivity contribution >= 4 is 23.4 Å². The molecular weight excluding hydrogens is 598 g/mol. The predicted octanol–water partition coefficient (Wildman–Crippen LogP) is 4.51. The highest BCUT2D eigenvalue weighted by Crippen LogP contribution is 2.55. The quantitative estimate of drug-likeness (QED) is 0.424. The summed E-state index contributed by atoms with van der Waals surface area (Å²) in [4.78, 5) is 31.2. The summed E-state index contributed by atoms with van der Waals surface area (Å²) in [6.45, 7) is 5.55. The Hall–Kier alpha value is -3.95. The molecule has 248 valence electrons. The number of benzene rings is 2. The second-order valence-electron chi connectivity index (χ2n) is 13.8. The zero-order chi connectivity index (χ0) is 32.9. The van der Waals surface area contributed by atoms with E-state index in [0.29, 0.717) is 60.6 Å². The van der Waals surface area contributed by atoms with Gasteiger partial charge in [0.25, 0.3) is 0 Å². The van der Waals surface area contributed by atoms with Crippen LogP contribution in [0, 0.1) is 0 Å². The van der Waals surface area contributed by atoms with Gasteiger partial charge in [0.15, 0.2) is 0 Å². The largest absolute Gasteiger partial charge is 0.489 e. The first kappa shape index (κ1) is 31.6. The average Bonchev–Trinajstić information content (AvgIpc) is 3.73. The summed E-state index contributed by atoms with van der Waals surface area (Å²) in [6.07, 6.45) is 10.0. The van der Waals surface area contributed by atoms with E-state index in [1.807, 2.05) is 12.1 Å². The maximum Gasteiger partial charge on any atom is 0.374 e. The zero-order valence-corrected chi connectivity index (χ0v) is 27.4. The molecule has 0 amide bonds. The van der Waals surface area contributed by atoms with Crippen molar-refractivity contribution in [2.75, 3.05) is 13.2 Å². The molecule has 2 fully saturated rings. The maximum absolute atomic E-state index is 13.5. The van der Waals surface area contributed by atoms with Crippen LogP contribution in [0.5, 0.6) is 17.2 Å². The third kappa shape index (κ3) is 5.89. The molecule has 2 aromatic carbocycles. The number of carbonyl (C=O) groups excluding carboxylic acids is 2. The van der Waals surface area contributed by atoms with Crippen LogP contribution in [0.2, 0.25) is 0 Å². The molecule has 47 heavy (non-hydrogen) atoms. The van der Waals surface area contributed by atoms with Crippen LogP contribution in [0.3, 0.4) is 0 Å². The Kier molecular flexibility index (Phi) is 8.47. The van der Waals surface area contributed by atoms with Gasteiger partial charge in [-0.25, -0.2) is 4.79 Å². The highest BCUT2D eigenvalue weighted by atomic mass is 16.6. The number of nitrogens with zero attached hydrogens (tertiary/aromatic N) is 1. The van der Waals surface area contributed by atoms with E-state index < -0.39 is 24.3 Å². The number of ketones is 1. The van der Waals surface area contributed by atoms with Gasteiger partial charge >= 0.3 is 5.97 Å². The molecule has 2 aromatic rings. The van der Waals surface area contributed by atoms with Crippen molar-refractivity contribution < 1.29 is 38.7 Å². The fourth-order valence-corrected chi connectivity index (χ4v) is 7.59. The second-order valence-corrected chi connectivity index (χ2v) is 13.8. The van der Waals surface area contributed by atoms with E-state index in [1.54, 1.807) is 26.8 Å². The van der Waals surface area contributed by atoms with Gasteiger partial charge in [-0.15, -0.1) is 0 Å². The Labute approximate surface area is 274 Å². The Bertz CT molecular complexity index is 1810. The van der Waals surface area contributed by atoms with Gasteiger partial charge in [-0.05, 0) is 93.9 Å². The van der Waals surface area contributed by atoms with Gasteiger partial charge in [0.2, 0.25) is 5.76 Å². The molecule has 0 radical (unpaired) electrons. The van der Waals surface area contributed by atoms with Crippen LogP contribution < -0.4 is 24.8 Å². The molecule has 9 nitrogen and oxygen atoms in total. The predicted molar refractivity (Wildman–Crippen MR) is 175 cm³/mol. The molecule has 3 heterocycles. The highest BCUT2D eigenvalue weighted by Gasteiger charge is 2.43. The van der Waals surface area contributed by atoms with Crippen molar-refractivity contribution in [2.45, 2.75) is 109 Å². The van der Waals surface area contributed by atoms with E-state index >= 15 is 0 Å². The Morgan fingerprint density at radius 2 is 1.91 bits per heavy atom. The summed E-state index contributed by atoms with van der Waals surface area (Å²) in [5, 5.41) is 23.8. The van der Waals surface area contributed by atoms with Crippen molar-refractivity contribution in [2.24, 2.45) is 4.99 Å². The van der Waals surface area contributed by atoms with Gasteiger partial charge in [-0.3, -0.25) is 9.79 Å². The normalized spacial score (nSPS) is 23.8. The monoisotopic (exact) mass is 641 g/mol. The number of ether oxygens (including phenoxy) is 4. The third-order valence-electron chi connectivity index (χ3n) is 10.1. The zero-order valence-electron chi connectivity index (χ0n) is 27.4. The first-order chi connectivity index (χ1) is 22.7. The molecule has 2 N–H and O–H groups in total. The molecule has 0 aromatic heterocycles. The molecular formula is C38H43NO8. The minimum absolute atomic E-state index is 0.000608. The molecule has 0 saturated heterocycles. The molecule has 0 bridgehead atoms. The highest BCUT2D eigenvalue weighted by molar-refractivity contribution is 5.98. The first-order valence-electron chi connectivity index (χ1n) is 17.0. The lowest BCUT2D eigenvalue weighted by Gasteiger charge is -2.32. The number of hydrogen-bond acceptors (Lipinski definition) is 9. The number of esters is 1. The van der Waals surface area contributed by atoms with E-state index in [2.05, 4.69) is 17.1 Å². The molecule has 5 aliphatic rings. The standard InChI is InChI=1S/C38H43NO8/c1-4-44-37(42)31-18-26(22-11-13-30(41)25(17-22)21-10-12-29-23(16-21)14-15-39-29)33-35(45-24-8-6-5-7-9-24)27-19-32(38(2,3)43)47-34(27)28(20-40)36(33)46-31/h10,12,14,16,18,24-25,32,40,43H,4-9,11,13,15,17,19-20H2,1-3H3/b26-22-/t25-,32-/m0/s1. The fourth-order valence-electron chi connectivity index (χ4n) is 7.59. The van der Waals surface area contributed by atoms with Gasteiger partial charge in [0.1, 0.15) is 29.1 Å². The van der Waals surface area contributed by atoms with Crippen molar-refractivity contribution in [3.63, 3.8) is 0 Å². The van der Waals surface area contributed by atoms with Crippen molar-refractivity contribution in [3.8, 4) is 17.2 Å². The topological polar surface area (TPSA) is 124 Å². The molecule has 0 spiro atoms. The summed E-state index contributed by atoms with van der Waals surface area (Å²) in [7, 11) is 0. The van der Waals surface area contributed by atoms with Gasteiger partial charge in [0, 0.05) is 24.3 Å². The summed E-state index contributed by atoms with van der Waals surface area (Å²) in [6, 6.07) is 6.05. The van der Waals surface area contributed by atoms with E-state index in [0.717, 1.165) is 65.0 Å². The van der Waals surface area contributed by atoms with E-state index in [1.165, 1.54) is 0 Å². The second kappa shape index (κ2) is 12.6. The molecule has 2 saturated carbocycles. The SMILES string of the molecule is CCOC(=O)C1=C/C(=C2\CCC(=O)[C@H](c3ccc4c(c3)=CCN=4)C2)c2c(c(CO)c3c(c2OC2CCCCC2)C[C@@H](C(C)(C)O)O3)O1. The van der Waals surface area contributed by atoms with Gasteiger partial charge in [0.05, 0.1) is 47.9 Å². The number of fused-ring (bicyclic) bond motifs is 3. The van der Waals surface area contributed by atoms with Gasteiger partial charge < -0.3 is 29.2 Å². The Morgan fingerprint density at radius 3 is 2.66 bits per heavy atom. The Balaban J connectivity index is 1.43. The number of carbonyl (C=O) groups is 2. The minimum atomic E-state index is -1.16. The Morgan fingerprint density at radius 1 is 1.11 bits per heavy atom. The van der Waals surface area contributed by atoms with Crippen molar-refractivity contribution in [1.82, 2.24) is 0 Å². The van der Waals surface area contributed by atoms with Crippen molar-refractivity contribution in [1.29, 1.82) is 0 Å². The minimum Gasteiger partial charge on any atom is -0.489 e. The number of aliphatic hydroxyl groups excluding tert-OH is 1. The molecule has 7 rings (SSSR count). The van der Waals surface area contributed by atoms with E-state index in [4.69, 9.17) is 18.9 Å². The number of hydrogen-bond donors (Lipinski definition) is 2. The lowest BCUT2D eigenvalue weighted by atomic mass is 9.76. The van der Waals surface area contributed by atoms with E-state index in [-0.39, 0.29) is 30.2 Å². The summed E-state index contributed by atoms with van der Waals surface area (Å²) < 4.78 is 25.0. The van der Waals surface area contributed by atoms with Crippen LogP contribution in [0.4, 0.5) is 0 Å². The molecule has 2 atom stereocenters. The van der Waals surface area contributed by atoms with Crippen LogP contribution in [0.25, 0.3) is 11.6 Å². The summed E-state index contributed by atoms with van der Waals surface area (Å²) in [5.74, 6) is 0.532. The number of allylic oxidation sites excluding steroid dienone is 3. The van der Waals surface area contributed by atoms with Crippen LogP contribution in [-0.2, 0) is 27.4 Å². The fraction of sp³-hybridized carbons (Fsp3) is 0.500. The first-order valence-corrected chi connectivity index (χ1v) is 17.0. The van der Waals surface area contributed by atoms with Crippen LogP contribution in [0.15, 0.2) is 40.6 Å². The molecule has 3 aliphatic heterocycles. The lowest BCUT2D eigenvalue weighted by molar-refractivity contribution is -0.141. The smallest absolute Gasteiger partial charge is 0.374 e. The average molecular weight is 642 g/mol. The molecule has 2 aliphatic carbocycles. The molecule has 9 heteroatoms. The van der Waals surface area contributed by atoms with E-state index in [9.17, 15) is 19.8 Å². The third-order valence-corrected chi connectivity index (χ3v) is 10.1. The van der Waals surface area contributed by atoms with Crippen LogP contribution >= 0.6 is 0 Å². The van der Waals surface area contributed by atoms with Gasteiger partial charge in [-0.1, -0.05) is 24.1 Å². The number of rotatable bonds is 7. The van der Waals surface area contributed by atoms with Crippen LogP contribution in [-0.4, -0.2) is 52.9 Å². The summed E-state index contributed by atoms with van der Waals surface area (Å²) >= 11 is 0. The number of Topliss-reactive ketones (excluding diaryl/α,β-unsaturated/α-hetero) is 1. The van der Waals surface area contributed by atoms with Crippen LogP contribution in [0.1, 0.15) is 100 Å². The summed E-state index contributed by atoms with van der Waals surface area (Å²) in [5.41, 5.74) is 3.38. The maximum atomic E-state index is 13.5. The molecule has 0 unspecified atom stereocenters. The lowest BCUT2D eigenvalue weighted by Crippen LogP contribution is -2.39. The van der Waals surface area contributed by atoms with Gasteiger partial charge in [-0.2, -0.15) is 0 Å². The van der Waals surface area contributed by atoms with Crippen molar-refractivity contribution in [3.05, 3.63) is 68.4 Å². The number of aliphatic hydroxyl groups is 2.